The molecule has 0 bridgehead atoms. The number of hydrogen-bond donors (Lipinski definition) is 3. The van der Waals surface area contributed by atoms with Crippen LogP contribution >= 0.6 is 0 Å². The van der Waals surface area contributed by atoms with E-state index in [-0.39, 0.29) is 24.5 Å². The molecule has 1 fully saturated rings. The summed E-state index contributed by atoms with van der Waals surface area (Å²) in [5.41, 5.74) is -1.37. The maximum absolute atomic E-state index is 14.0. The molecule has 42 heavy (non-hydrogen) atoms. The molecule has 2 aromatic carbocycles. The molecule has 2 aromatic heterocycles. The van der Waals surface area contributed by atoms with Crippen molar-refractivity contribution < 1.29 is 36.6 Å². The molecule has 2 amide bonds. The van der Waals surface area contributed by atoms with Gasteiger partial charge in [-0.2, -0.15) is 13.2 Å². The number of halogens is 5. The van der Waals surface area contributed by atoms with Crippen molar-refractivity contribution in [2.75, 3.05) is 36.4 Å². The maximum atomic E-state index is 14.0. The average molecular weight is 586 g/mol. The van der Waals surface area contributed by atoms with Gasteiger partial charge in [-0.15, -0.1) is 0 Å². The fourth-order valence-electron chi connectivity index (χ4n) is 4.66. The number of nitrogens with one attached hydrogen (secondary N) is 2. The van der Waals surface area contributed by atoms with E-state index in [2.05, 4.69) is 15.3 Å². The van der Waals surface area contributed by atoms with Crippen LogP contribution in [0.1, 0.15) is 27.7 Å². The predicted octanol–water partition coefficient (Wildman–Crippen LogP) is 5.01. The highest BCUT2D eigenvalue weighted by atomic mass is 19.4. The molecule has 3 heterocycles. The van der Waals surface area contributed by atoms with Gasteiger partial charge >= 0.3 is 6.18 Å². The first kappa shape index (κ1) is 28.7. The molecule has 13 heteroatoms. The molecule has 1 unspecified atom stereocenters. The van der Waals surface area contributed by atoms with Crippen molar-refractivity contribution in [3.8, 4) is 11.3 Å². The van der Waals surface area contributed by atoms with Gasteiger partial charge in [-0.3, -0.25) is 9.59 Å². The van der Waals surface area contributed by atoms with Crippen LogP contribution in [0.5, 0.6) is 0 Å². The summed E-state index contributed by atoms with van der Waals surface area (Å²) in [6, 6.07) is 14.8. The molecule has 3 N–H and O–H groups in total. The van der Waals surface area contributed by atoms with Crippen molar-refractivity contribution in [1.82, 2.24) is 14.9 Å². The van der Waals surface area contributed by atoms with Crippen LogP contribution in [0.2, 0.25) is 0 Å². The second kappa shape index (κ2) is 11.6. The summed E-state index contributed by atoms with van der Waals surface area (Å²) in [4.78, 5) is 35.5. The van der Waals surface area contributed by atoms with Gasteiger partial charge in [0.2, 0.25) is 0 Å². The minimum atomic E-state index is -4.76. The number of pyridine rings is 1. The van der Waals surface area contributed by atoms with Gasteiger partial charge < -0.3 is 25.2 Å². The number of alkyl halides is 3. The Morgan fingerprint density at radius 2 is 1.67 bits per heavy atom. The van der Waals surface area contributed by atoms with Gasteiger partial charge in [-0.05, 0) is 42.0 Å². The van der Waals surface area contributed by atoms with Crippen molar-refractivity contribution in [3.05, 3.63) is 101 Å². The summed E-state index contributed by atoms with van der Waals surface area (Å²) in [6.07, 6.45) is -5.31. The first-order valence-electron chi connectivity index (χ1n) is 12.8. The number of carbonyl (C=O) groups excluding carboxylic acids is 2. The van der Waals surface area contributed by atoms with E-state index >= 15 is 0 Å². The Labute approximate surface area is 236 Å². The summed E-state index contributed by atoms with van der Waals surface area (Å²) in [5.74, 6) is -2.93. The number of H-pyrrole nitrogens is 1. The molecule has 1 saturated heterocycles. The monoisotopic (exact) mass is 585 g/mol. The highest BCUT2D eigenvalue weighted by Gasteiger charge is 2.37. The molecule has 1 aliphatic heterocycles. The van der Waals surface area contributed by atoms with Crippen molar-refractivity contribution >= 4 is 23.3 Å². The molecule has 0 saturated carbocycles. The Bertz CT molecular complexity index is 1580. The zero-order valence-corrected chi connectivity index (χ0v) is 21.8. The van der Waals surface area contributed by atoms with Gasteiger partial charge in [0.25, 0.3) is 11.8 Å². The zero-order valence-electron chi connectivity index (χ0n) is 21.8. The Kier molecular flexibility index (Phi) is 7.94. The van der Waals surface area contributed by atoms with Crippen molar-refractivity contribution in [3.63, 3.8) is 0 Å². The summed E-state index contributed by atoms with van der Waals surface area (Å²) < 4.78 is 68.5. The minimum Gasteiger partial charge on any atom is -0.378 e. The summed E-state index contributed by atoms with van der Waals surface area (Å²) >= 11 is 0. The first-order chi connectivity index (χ1) is 20.0. The average Bonchev–Trinajstić information content (AvgIpc) is 3.46. The molecular weight excluding hydrogens is 561 g/mol. The van der Waals surface area contributed by atoms with E-state index in [0.29, 0.717) is 24.5 Å². The quantitative estimate of drug-likeness (QED) is 0.277. The third-order valence-electron chi connectivity index (χ3n) is 6.84. The van der Waals surface area contributed by atoms with Gasteiger partial charge in [-0.1, -0.05) is 30.3 Å². The number of rotatable bonds is 6. The Morgan fingerprint density at radius 1 is 0.952 bits per heavy atom. The first-order valence-corrected chi connectivity index (χ1v) is 12.8. The summed E-state index contributed by atoms with van der Waals surface area (Å²) in [6.45, 7) is 0.957. The third-order valence-corrected chi connectivity index (χ3v) is 6.84. The molecule has 218 valence electrons. The lowest BCUT2D eigenvalue weighted by molar-refractivity contribution is -0.141. The Hall–Kier alpha value is -4.78. The number of benzene rings is 2. The molecule has 1 aliphatic rings. The van der Waals surface area contributed by atoms with E-state index < -0.39 is 52.5 Å². The summed E-state index contributed by atoms with van der Waals surface area (Å²) in [5, 5.41) is 12.7. The Balaban J connectivity index is 1.22. The molecule has 4 aromatic rings. The van der Waals surface area contributed by atoms with Crippen LogP contribution < -0.4 is 10.2 Å². The van der Waals surface area contributed by atoms with Crippen LogP contribution in [0, 0.1) is 11.6 Å². The largest absolute Gasteiger partial charge is 0.418 e. The molecule has 8 nitrogen and oxygen atoms in total. The highest BCUT2D eigenvalue weighted by Crippen LogP contribution is 2.35. The van der Waals surface area contributed by atoms with Crippen LogP contribution in [0.15, 0.2) is 72.9 Å². The number of aromatic nitrogens is 2. The number of amides is 2. The third kappa shape index (κ3) is 6.10. The van der Waals surface area contributed by atoms with E-state index in [1.165, 1.54) is 17.2 Å². The van der Waals surface area contributed by atoms with E-state index in [1.54, 1.807) is 36.4 Å². The van der Waals surface area contributed by atoms with E-state index in [1.807, 2.05) is 4.90 Å². The fourth-order valence-corrected chi connectivity index (χ4v) is 4.66. The van der Waals surface area contributed by atoms with Crippen LogP contribution in [-0.2, 0) is 11.0 Å². The van der Waals surface area contributed by atoms with Gasteiger partial charge in [-0.25, -0.2) is 13.8 Å². The molecular formula is C29H24F5N5O3. The normalized spacial score (nSPS) is 14.5. The lowest BCUT2D eigenvalue weighted by Crippen LogP contribution is -2.50. The number of nitrogens with zero attached hydrogens (tertiary/aromatic N) is 3. The number of anilines is 2. The lowest BCUT2D eigenvalue weighted by atomic mass is 10.1. The van der Waals surface area contributed by atoms with Gasteiger partial charge in [0.15, 0.2) is 6.10 Å². The van der Waals surface area contributed by atoms with Crippen LogP contribution in [0.3, 0.4) is 0 Å². The predicted molar refractivity (Wildman–Crippen MR) is 144 cm³/mol. The van der Waals surface area contributed by atoms with Crippen molar-refractivity contribution in [2.24, 2.45) is 0 Å². The van der Waals surface area contributed by atoms with Crippen LogP contribution in [0.4, 0.5) is 33.5 Å². The number of aromatic amines is 1. The van der Waals surface area contributed by atoms with Gasteiger partial charge in [0, 0.05) is 37.4 Å². The second-order valence-electron chi connectivity index (χ2n) is 9.58. The van der Waals surface area contributed by atoms with E-state index in [0.717, 1.165) is 24.3 Å². The molecule has 0 radical (unpaired) electrons. The molecule has 0 aliphatic carbocycles. The zero-order chi connectivity index (χ0) is 30.0. The van der Waals surface area contributed by atoms with Gasteiger partial charge in [0.05, 0.1) is 17.4 Å². The molecule has 0 spiro atoms. The number of aliphatic hydroxyl groups is 1. The maximum Gasteiger partial charge on any atom is 0.418 e. The number of aliphatic hydroxyl groups excluding tert-OH is 1. The van der Waals surface area contributed by atoms with Crippen LogP contribution in [0.25, 0.3) is 11.3 Å². The highest BCUT2D eigenvalue weighted by molar-refractivity contribution is 6.04. The topological polar surface area (TPSA) is 102 Å². The number of carbonyl (C=O) groups is 2. The number of hydrogen-bond acceptors (Lipinski definition) is 5. The van der Waals surface area contributed by atoms with Crippen molar-refractivity contribution in [2.45, 2.75) is 12.3 Å². The van der Waals surface area contributed by atoms with Gasteiger partial charge in [0.1, 0.15) is 23.1 Å². The van der Waals surface area contributed by atoms with E-state index in [9.17, 15) is 36.6 Å². The Morgan fingerprint density at radius 3 is 2.31 bits per heavy atom. The van der Waals surface area contributed by atoms with Crippen molar-refractivity contribution in [1.29, 1.82) is 0 Å². The minimum absolute atomic E-state index is 0.146. The SMILES string of the molecule is O=C(Nc1ccc(N2CCN(C(=O)C(O)c3cc(F)ccc3F)CC2)nc1)c1[nH]c(-c2ccccc2)cc1C(F)(F)F. The lowest BCUT2D eigenvalue weighted by Gasteiger charge is -2.36. The number of piperazine rings is 1. The molecule has 1 atom stereocenters. The van der Waals surface area contributed by atoms with Crippen LogP contribution in [-0.4, -0.2) is 58.0 Å². The fraction of sp³-hybridized carbons (Fsp3) is 0.207. The second-order valence-corrected chi connectivity index (χ2v) is 9.58. The molecule has 5 rings (SSSR count). The van der Waals surface area contributed by atoms with E-state index in [4.69, 9.17) is 0 Å². The standard InChI is InChI=1S/C29H24F5N5O3/c30-18-6-8-22(31)20(14-18)26(40)28(42)39-12-10-38(11-13-39)24-9-7-19(16-35-24)36-27(41)25-21(29(32,33)34)15-23(37-25)17-4-2-1-3-5-17/h1-9,14-16,26,37,40H,10-13H2,(H,36,41). The smallest absolute Gasteiger partial charge is 0.378 e. The summed E-state index contributed by atoms with van der Waals surface area (Å²) in [7, 11) is 0.